The van der Waals surface area contributed by atoms with Crippen molar-refractivity contribution >= 4 is 23.4 Å². The number of carbonyl (C=O) groups is 2. The van der Waals surface area contributed by atoms with E-state index in [1.807, 2.05) is 13.0 Å². The van der Waals surface area contributed by atoms with Crippen molar-refractivity contribution in [3.8, 4) is 0 Å². The Hall–Kier alpha value is -2.89. The Kier molecular flexibility index (Phi) is 6.20. The van der Waals surface area contributed by atoms with Crippen molar-refractivity contribution in [2.75, 3.05) is 23.9 Å². The highest BCUT2D eigenvalue weighted by atomic mass is 16.5. The lowest BCUT2D eigenvalue weighted by Gasteiger charge is -2.27. The minimum absolute atomic E-state index is 0.251. The lowest BCUT2D eigenvalue weighted by atomic mass is 10.1. The van der Waals surface area contributed by atoms with E-state index in [1.165, 1.54) is 12.7 Å². The molecule has 29 heavy (non-hydrogen) atoms. The number of benzene rings is 1. The third-order valence-electron chi connectivity index (χ3n) is 5.26. The van der Waals surface area contributed by atoms with E-state index in [0.29, 0.717) is 28.9 Å². The van der Waals surface area contributed by atoms with E-state index in [4.69, 9.17) is 4.74 Å². The zero-order valence-electron chi connectivity index (χ0n) is 17.8. The first-order valence-corrected chi connectivity index (χ1v) is 10.1. The van der Waals surface area contributed by atoms with Crippen molar-refractivity contribution < 1.29 is 14.3 Å². The SMILES string of the molecule is CCN(c1cc(C2CC2)cc(C(=O)Nc2ccc(C(=O)OC)c(C)c2)n1)C(C)C. The van der Waals surface area contributed by atoms with Gasteiger partial charge in [-0.05, 0) is 87.9 Å². The number of methoxy groups -OCH3 is 1. The Balaban J connectivity index is 1.87. The van der Waals surface area contributed by atoms with Crippen LogP contribution in [0.5, 0.6) is 0 Å². The maximum absolute atomic E-state index is 12.9. The highest BCUT2D eigenvalue weighted by Crippen LogP contribution is 2.41. The van der Waals surface area contributed by atoms with Gasteiger partial charge >= 0.3 is 5.97 Å². The number of anilines is 2. The Morgan fingerprint density at radius 3 is 2.52 bits per heavy atom. The first-order chi connectivity index (χ1) is 13.8. The van der Waals surface area contributed by atoms with Crippen LogP contribution in [0.3, 0.4) is 0 Å². The minimum atomic E-state index is -0.392. The molecule has 0 spiro atoms. The fourth-order valence-electron chi connectivity index (χ4n) is 3.52. The van der Waals surface area contributed by atoms with Gasteiger partial charge in [-0.15, -0.1) is 0 Å². The van der Waals surface area contributed by atoms with E-state index in [0.717, 1.165) is 30.8 Å². The minimum Gasteiger partial charge on any atom is -0.465 e. The molecule has 1 saturated carbocycles. The Labute approximate surface area is 172 Å². The summed E-state index contributed by atoms with van der Waals surface area (Å²) in [6, 6.07) is 9.45. The predicted octanol–water partition coefficient (Wildman–Crippen LogP) is 4.54. The molecule has 2 aromatic rings. The average Bonchev–Trinajstić information content (AvgIpc) is 3.53. The molecule has 154 valence electrons. The Morgan fingerprint density at radius 1 is 1.24 bits per heavy atom. The lowest BCUT2D eigenvalue weighted by Crippen LogP contribution is -2.31. The number of hydrogen-bond acceptors (Lipinski definition) is 5. The maximum Gasteiger partial charge on any atom is 0.338 e. The number of aromatic nitrogens is 1. The van der Waals surface area contributed by atoms with Gasteiger partial charge in [0.15, 0.2) is 0 Å². The molecule has 0 aliphatic heterocycles. The molecule has 6 nitrogen and oxygen atoms in total. The normalized spacial score (nSPS) is 13.3. The molecule has 0 bridgehead atoms. The number of hydrogen-bond donors (Lipinski definition) is 1. The van der Waals surface area contributed by atoms with Crippen LogP contribution in [0.15, 0.2) is 30.3 Å². The molecule has 6 heteroatoms. The summed E-state index contributed by atoms with van der Waals surface area (Å²) in [5.74, 6) is 0.723. The summed E-state index contributed by atoms with van der Waals surface area (Å²) >= 11 is 0. The van der Waals surface area contributed by atoms with Crippen LogP contribution in [-0.4, -0.2) is 36.6 Å². The molecule has 0 unspecified atom stereocenters. The zero-order valence-corrected chi connectivity index (χ0v) is 17.8. The molecular weight excluding hydrogens is 366 g/mol. The van der Waals surface area contributed by atoms with E-state index in [-0.39, 0.29) is 5.91 Å². The van der Waals surface area contributed by atoms with Crippen molar-refractivity contribution in [3.05, 3.63) is 52.7 Å². The highest BCUT2D eigenvalue weighted by Gasteiger charge is 2.26. The molecule has 0 saturated heterocycles. The Morgan fingerprint density at radius 2 is 1.97 bits per heavy atom. The smallest absolute Gasteiger partial charge is 0.338 e. The number of pyridine rings is 1. The fourth-order valence-corrected chi connectivity index (χ4v) is 3.52. The maximum atomic E-state index is 12.9. The van der Waals surface area contributed by atoms with E-state index < -0.39 is 5.97 Å². The topological polar surface area (TPSA) is 71.5 Å². The standard InChI is InChI=1S/C23H29N3O3/c1-6-26(14(2)3)21-13-17(16-7-8-16)12-20(25-21)22(27)24-18-9-10-19(15(4)11-18)23(28)29-5/h9-14,16H,6-8H2,1-5H3,(H,24,27). The largest absolute Gasteiger partial charge is 0.465 e. The van der Waals surface area contributed by atoms with E-state index in [2.05, 4.69) is 42.0 Å². The van der Waals surface area contributed by atoms with E-state index in [1.54, 1.807) is 18.2 Å². The van der Waals surface area contributed by atoms with Crippen LogP contribution in [-0.2, 0) is 4.74 Å². The summed E-state index contributed by atoms with van der Waals surface area (Å²) in [5, 5.41) is 2.91. The molecule has 1 aromatic heterocycles. The van der Waals surface area contributed by atoms with E-state index >= 15 is 0 Å². The number of esters is 1. The Bertz CT molecular complexity index is 920. The van der Waals surface area contributed by atoms with Gasteiger partial charge in [0, 0.05) is 18.3 Å². The second kappa shape index (κ2) is 8.64. The quantitative estimate of drug-likeness (QED) is 0.697. The molecule has 1 amide bonds. The van der Waals surface area contributed by atoms with Gasteiger partial charge in [-0.3, -0.25) is 4.79 Å². The molecule has 1 N–H and O–H groups in total. The molecule has 0 radical (unpaired) electrons. The number of rotatable bonds is 7. The van der Waals surface area contributed by atoms with Gasteiger partial charge < -0.3 is 15.0 Å². The van der Waals surface area contributed by atoms with Crippen molar-refractivity contribution in [1.29, 1.82) is 0 Å². The molecule has 0 atom stereocenters. The molecule has 3 rings (SSSR count). The lowest BCUT2D eigenvalue weighted by molar-refractivity contribution is 0.0600. The molecule has 1 aromatic carbocycles. The van der Waals surface area contributed by atoms with Crippen molar-refractivity contribution in [2.45, 2.75) is 52.5 Å². The molecule has 1 aliphatic carbocycles. The van der Waals surface area contributed by atoms with Crippen LogP contribution < -0.4 is 10.2 Å². The van der Waals surface area contributed by atoms with Gasteiger partial charge in [-0.25, -0.2) is 9.78 Å². The third-order valence-corrected chi connectivity index (χ3v) is 5.26. The number of carbonyl (C=O) groups excluding carboxylic acids is 2. The van der Waals surface area contributed by atoms with Crippen molar-refractivity contribution in [2.24, 2.45) is 0 Å². The van der Waals surface area contributed by atoms with Crippen LogP contribution in [0, 0.1) is 6.92 Å². The van der Waals surface area contributed by atoms with Crippen molar-refractivity contribution in [3.63, 3.8) is 0 Å². The second-order valence-corrected chi connectivity index (χ2v) is 7.77. The van der Waals surface area contributed by atoms with Crippen LogP contribution in [0.1, 0.15) is 71.5 Å². The molecular formula is C23H29N3O3. The monoisotopic (exact) mass is 395 g/mol. The van der Waals surface area contributed by atoms with Gasteiger partial charge in [-0.1, -0.05) is 0 Å². The fraction of sp³-hybridized carbons (Fsp3) is 0.435. The first kappa shape index (κ1) is 20.8. The van der Waals surface area contributed by atoms with Gasteiger partial charge in [0.2, 0.25) is 0 Å². The molecule has 1 fully saturated rings. The highest BCUT2D eigenvalue weighted by molar-refractivity contribution is 6.03. The number of nitrogens with zero attached hydrogens (tertiary/aromatic N) is 2. The average molecular weight is 396 g/mol. The summed E-state index contributed by atoms with van der Waals surface area (Å²) < 4.78 is 4.77. The number of amides is 1. The summed E-state index contributed by atoms with van der Waals surface area (Å²) in [6.45, 7) is 8.99. The second-order valence-electron chi connectivity index (χ2n) is 7.77. The molecule has 1 aliphatic rings. The van der Waals surface area contributed by atoms with E-state index in [9.17, 15) is 9.59 Å². The van der Waals surface area contributed by atoms with Gasteiger partial charge in [0.25, 0.3) is 5.91 Å². The summed E-state index contributed by atoms with van der Waals surface area (Å²) in [5.41, 5.74) is 3.44. The summed E-state index contributed by atoms with van der Waals surface area (Å²) in [4.78, 5) is 31.5. The zero-order chi connectivity index (χ0) is 21.1. The predicted molar refractivity (Wildman–Crippen MR) is 115 cm³/mol. The van der Waals surface area contributed by atoms with Crippen LogP contribution in [0.2, 0.25) is 0 Å². The summed E-state index contributed by atoms with van der Waals surface area (Å²) in [7, 11) is 1.35. The summed E-state index contributed by atoms with van der Waals surface area (Å²) in [6.07, 6.45) is 2.32. The van der Waals surface area contributed by atoms with Crippen LogP contribution in [0.4, 0.5) is 11.5 Å². The van der Waals surface area contributed by atoms with Crippen LogP contribution in [0.25, 0.3) is 0 Å². The van der Waals surface area contributed by atoms with Crippen LogP contribution >= 0.6 is 0 Å². The van der Waals surface area contributed by atoms with Gasteiger partial charge in [-0.2, -0.15) is 0 Å². The molecule has 1 heterocycles. The van der Waals surface area contributed by atoms with Gasteiger partial charge in [0.05, 0.1) is 12.7 Å². The van der Waals surface area contributed by atoms with Gasteiger partial charge in [0.1, 0.15) is 11.5 Å². The number of nitrogens with one attached hydrogen (secondary N) is 1. The third kappa shape index (κ3) is 4.75. The van der Waals surface area contributed by atoms with Crippen molar-refractivity contribution in [1.82, 2.24) is 4.98 Å². The number of ether oxygens (including phenoxy) is 1. The number of aryl methyl sites for hydroxylation is 1. The first-order valence-electron chi connectivity index (χ1n) is 10.1.